The van der Waals surface area contributed by atoms with E-state index < -0.39 is 12.7 Å². The van der Waals surface area contributed by atoms with Gasteiger partial charge in [-0.05, 0) is 50.3 Å². The van der Waals surface area contributed by atoms with Gasteiger partial charge in [-0.25, -0.2) is 0 Å². The minimum Gasteiger partial charge on any atom is -0.375 e. The number of hydrogen-bond acceptors (Lipinski definition) is 3. The van der Waals surface area contributed by atoms with E-state index in [1.165, 1.54) is 0 Å². The lowest BCUT2D eigenvalue weighted by atomic mass is 9.97. The van der Waals surface area contributed by atoms with Crippen molar-refractivity contribution in [3.8, 4) is 0 Å². The third kappa shape index (κ3) is 6.47. The van der Waals surface area contributed by atoms with E-state index >= 15 is 0 Å². The van der Waals surface area contributed by atoms with Crippen LogP contribution < -0.4 is 11.1 Å². The molecule has 1 unspecified atom stereocenters. The summed E-state index contributed by atoms with van der Waals surface area (Å²) in [5.74, 6) is 0.549. The first-order valence-electron chi connectivity index (χ1n) is 7.39. The first-order valence-corrected chi connectivity index (χ1v) is 7.39. The molecule has 6 heteroatoms. The number of nitrogens with zero attached hydrogens (tertiary/aromatic N) is 1. The Morgan fingerprint density at radius 3 is 2.59 bits per heavy atom. The molecule has 0 radical (unpaired) electrons. The monoisotopic (exact) mass is 315 g/mol. The fourth-order valence-electron chi connectivity index (χ4n) is 2.15. The van der Waals surface area contributed by atoms with E-state index in [0.717, 1.165) is 30.5 Å². The molecular formula is C16H24F3N3. The molecule has 1 aromatic heterocycles. The second kappa shape index (κ2) is 8.17. The molecule has 1 rings (SSSR count). The van der Waals surface area contributed by atoms with Crippen molar-refractivity contribution < 1.29 is 13.2 Å². The predicted molar refractivity (Wildman–Crippen MR) is 83.2 cm³/mol. The van der Waals surface area contributed by atoms with Gasteiger partial charge in [0.05, 0.1) is 11.4 Å². The smallest absolute Gasteiger partial charge is 0.375 e. The normalized spacial score (nSPS) is 13.0. The fraction of sp³-hybridized carbons (Fsp3) is 0.562. The van der Waals surface area contributed by atoms with Gasteiger partial charge < -0.3 is 11.1 Å². The first-order chi connectivity index (χ1) is 10.2. The number of halogens is 3. The molecule has 0 saturated heterocycles. The van der Waals surface area contributed by atoms with Crippen LogP contribution in [0.15, 0.2) is 18.7 Å². The highest BCUT2D eigenvalue weighted by atomic mass is 19.4. The lowest BCUT2D eigenvalue weighted by molar-refractivity contribution is -0.122. The van der Waals surface area contributed by atoms with E-state index in [4.69, 9.17) is 5.73 Å². The third-order valence-corrected chi connectivity index (χ3v) is 3.57. The molecule has 0 aliphatic carbocycles. The van der Waals surface area contributed by atoms with Crippen LogP contribution in [0.3, 0.4) is 0 Å². The molecule has 0 aromatic carbocycles. The second-order valence-electron chi connectivity index (χ2n) is 5.61. The Balaban J connectivity index is 2.63. The maximum Gasteiger partial charge on any atom is 0.405 e. The molecular weight excluding hydrogens is 291 g/mol. The molecule has 22 heavy (non-hydrogen) atoms. The summed E-state index contributed by atoms with van der Waals surface area (Å²) in [5, 5.41) is 2.26. The molecule has 3 nitrogen and oxygen atoms in total. The van der Waals surface area contributed by atoms with Crippen LogP contribution >= 0.6 is 0 Å². The largest absolute Gasteiger partial charge is 0.405 e. The Morgan fingerprint density at radius 1 is 1.36 bits per heavy atom. The first kappa shape index (κ1) is 18.5. The number of rotatable bonds is 8. The number of nitrogens with one attached hydrogen (secondary N) is 1. The van der Waals surface area contributed by atoms with Gasteiger partial charge in [-0.1, -0.05) is 19.6 Å². The topological polar surface area (TPSA) is 50.9 Å². The maximum absolute atomic E-state index is 12.2. The lowest BCUT2D eigenvalue weighted by Gasteiger charge is -2.14. The van der Waals surface area contributed by atoms with Gasteiger partial charge in [0.15, 0.2) is 0 Å². The molecule has 124 valence electrons. The Hall–Kier alpha value is -1.56. The van der Waals surface area contributed by atoms with E-state index in [2.05, 4.69) is 23.8 Å². The lowest BCUT2D eigenvalue weighted by Crippen LogP contribution is -2.27. The van der Waals surface area contributed by atoms with E-state index in [1.54, 1.807) is 6.07 Å². The van der Waals surface area contributed by atoms with Gasteiger partial charge in [0.2, 0.25) is 0 Å². The fourth-order valence-corrected chi connectivity index (χ4v) is 2.15. The van der Waals surface area contributed by atoms with Gasteiger partial charge in [0.25, 0.3) is 0 Å². The molecule has 0 saturated carbocycles. The number of hydrogen-bond donors (Lipinski definition) is 2. The van der Waals surface area contributed by atoms with Gasteiger partial charge >= 0.3 is 6.18 Å². The molecule has 0 aliphatic rings. The van der Waals surface area contributed by atoms with E-state index in [-0.39, 0.29) is 5.70 Å². The van der Waals surface area contributed by atoms with Crippen LogP contribution in [-0.4, -0.2) is 24.2 Å². The van der Waals surface area contributed by atoms with Crippen LogP contribution in [-0.2, 0) is 6.42 Å². The van der Waals surface area contributed by atoms with Crippen LogP contribution in [0, 0.1) is 12.8 Å². The third-order valence-electron chi connectivity index (χ3n) is 3.57. The highest BCUT2D eigenvalue weighted by molar-refractivity contribution is 5.58. The van der Waals surface area contributed by atoms with Crippen molar-refractivity contribution >= 4 is 5.70 Å². The summed E-state index contributed by atoms with van der Waals surface area (Å²) in [7, 11) is 0. The summed E-state index contributed by atoms with van der Waals surface area (Å²) < 4.78 is 36.5. The van der Waals surface area contributed by atoms with Crippen LogP contribution in [0.4, 0.5) is 13.2 Å². The highest BCUT2D eigenvalue weighted by Gasteiger charge is 2.27. The van der Waals surface area contributed by atoms with Gasteiger partial charge in [0, 0.05) is 5.69 Å². The van der Waals surface area contributed by atoms with E-state index in [0.29, 0.717) is 18.2 Å². The van der Waals surface area contributed by atoms with Crippen LogP contribution in [0.2, 0.25) is 0 Å². The van der Waals surface area contributed by atoms with Gasteiger partial charge in [-0.15, -0.1) is 0 Å². The minimum absolute atomic E-state index is 0.184. The highest BCUT2D eigenvalue weighted by Crippen LogP contribution is 2.18. The zero-order valence-electron chi connectivity index (χ0n) is 13.1. The zero-order valence-corrected chi connectivity index (χ0v) is 13.1. The van der Waals surface area contributed by atoms with Gasteiger partial charge in [-0.2, -0.15) is 13.2 Å². The molecule has 0 spiro atoms. The average Bonchev–Trinajstić information content (AvgIpc) is 2.43. The van der Waals surface area contributed by atoms with E-state index in [9.17, 15) is 13.2 Å². The number of alkyl halides is 3. The molecule has 3 N–H and O–H groups in total. The maximum atomic E-state index is 12.2. The number of nitrogens with two attached hydrogens (primary N) is 1. The summed E-state index contributed by atoms with van der Waals surface area (Å²) >= 11 is 0. The average molecular weight is 315 g/mol. The van der Waals surface area contributed by atoms with Crippen molar-refractivity contribution in [2.45, 2.75) is 39.3 Å². The standard InChI is InChI=1S/C16H24F3N3/c1-11(8-9-20)4-5-14-6-7-15(22-12(14)2)13(3)21-10-16(17,18)19/h6-7,11,21H,3-5,8-10,20H2,1-2H3. The van der Waals surface area contributed by atoms with Crippen molar-refractivity contribution in [1.82, 2.24) is 10.3 Å². The minimum atomic E-state index is -4.27. The second-order valence-corrected chi connectivity index (χ2v) is 5.61. The molecule has 1 heterocycles. The summed E-state index contributed by atoms with van der Waals surface area (Å²) in [4.78, 5) is 4.34. The Bertz CT molecular complexity index is 498. The quantitative estimate of drug-likeness (QED) is 0.773. The molecule has 0 amide bonds. The van der Waals surface area contributed by atoms with Crippen molar-refractivity contribution in [3.05, 3.63) is 35.7 Å². The van der Waals surface area contributed by atoms with E-state index in [1.807, 2.05) is 13.0 Å². The number of pyridine rings is 1. The van der Waals surface area contributed by atoms with Crippen molar-refractivity contribution in [3.63, 3.8) is 0 Å². The Morgan fingerprint density at radius 2 is 2.05 bits per heavy atom. The molecule has 1 atom stereocenters. The van der Waals surface area contributed by atoms with Gasteiger partial charge in [-0.3, -0.25) is 4.98 Å². The predicted octanol–water partition coefficient (Wildman–Crippen LogP) is 3.43. The molecule has 0 fully saturated rings. The van der Waals surface area contributed by atoms with Crippen LogP contribution in [0.25, 0.3) is 5.70 Å². The zero-order chi connectivity index (χ0) is 16.8. The molecule has 0 bridgehead atoms. The number of aryl methyl sites for hydroxylation is 2. The summed E-state index contributed by atoms with van der Waals surface area (Å²) in [6.07, 6.45) is -1.37. The van der Waals surface area contributed by atoms with Crippen molar-refractivity contribution in [1.29, 1.82) is 0 Å². The summed E-state index contributed by atoms with van der Waals surface area (Å²) in [6.45, 7) is 7.21. The SMILES string of the molecule is C=C(NCC(F)(F)F)c1ccc(CCC(C)CCN)c(C)n1. The van der Waals surface area contributed by atoms with Gasteiger partial charge in [0.1, 0.15) is 6.54 Å². The summed E-state index contributed by atoms with van der Waals surface area (Å²) in [5.41, 5.74) is 8.09. The van der Waals surface area contributed by atoms with Crippen LogP contribution in [0.5, 0.6) is 0 Å². The molecule has 0 aliphatic heterocycles. The molecule has 1 aromatic rings. The summed E-state index contributed by atoms with van der Waals surface area (Å²) in [6, 6.07) is 3.62. The Kier molecular flexibility index (Phi) is 6.87. The van der Waals surface area contributed by atoms with Crippen molar-refractivity contribution in [2.24, 2.45) is 11.7 Å². The Labute approximate surface area is 129 Å². The number of aromatic nitrogens is 1. The van der Waals surface area contributed by atoms with Crippen LogP contribution in [0.1, 0.15) is 36.7 Å². The van der Waals surface area contributed by atoms with Crippen molar-refractivity contribution in [2.75, 3.05) is 13.1 Å².